The minimum absolute atomic E-state index is 0.000301. The molecule has 4 nitrogen and oxygen atoms in total. The Labute approximate surface area is 126 Å². The number of halogens is 2. The second-order valence-electron chi connectivity index (χ2n) is 5.56. The highest BCUT2D eigenvalue weighted by atomic mass is 35.5. The number of aromatic nitrogens is 1. The molecule has 1 aromatic heterocycles. The molecule has 0 aliphatic carbocycles. The normalized spacial score (nSPS) is 11.5. The van der Waals surface area contributed by atoms with Crippen LogP contribution in [-0.2, 0) is 10.2 Å². The molecule has 0 N–H and O–H groups in total. The van der Waals surface area contributed by atoms with Crippen molar-refractivity contribution in [1.29, 1.82) is 0 Å². The second kappa shape index (κ2) is 5.48. The summed E-state index contributed by atoms with van der Waals surface area (Å²) in [5, 5.41) is 0.349. The average Bonchev–Trinajstić information content (AvgIpc) is 2.85. The fraction of sp³-hybridized carbons (Fsp3) is 0.333. The number of esters is 1. The molecule has 0 saturated heterocycles. The Kier molecular flexibility index (Phi) is 4.05. The Morgan fingerprint density at radius 2 is 2.05 bits per heavy atom. The molecule has 0 unspecified atom stereocenters. The third kappa shape index (κ3) is 3.08. The summed E-state index contributed by atoms with van der Waals surface area (Å²) >= 11 is 5.87. The van der Waals surface area contributed by atoms with Crippen molar-refractivity contribution in [3.05, 3.63) is 40.5 Å². The van der Waals surface area contributed by atoms with Crippen LogP contribution < -0.4 is 0 Å². The SMILES string of the molecule is COC(=O)c1oc(-c2cc(Cl)ccc2F)nc1C(C)(C)C. The molecule has 2 rings (SSSR count). The largest absolute Gasteiger partial charge is 0.463 e. The molecule has 0 fully saturated rings. The van der Waals surface area contributed by atoms with Gasteiger partial charge in [0.05, 0.1) is 12.7 Å². The zero-order valence-corrected chi connectivity index (χ0v) is 12.9. The summed E-state index contributed by atoms with van der Waals surface area (Å²) in [7, 11) is 1.25. The first-order chi connectivity index (χ1) is 9.74. The van der Waals surface area contributed by atoms with Gasteiger partial charge in [-0.15, -0.1) is 0 Å². The quantitative estimate of drug-likeness (QED) is 0.779. The van der Waals surface area contributed by atoms with Crippen molar-refractivity contribution in [3.63, 3.8) is 0 Å². The van der Waals surface area contributed by atoms with Gasteiger partial charge < -0.3 is 9.15 Å². The summed E-state index contributed by atoms with van der Waals surface area (Å²) in [6.07, 6.45) is 0. The lowest BCUT2D eigenvalue weighted by molar-refractivity contribution is 0.0562. The number of hydrogen-bond acceptors (Lipinski definition) is 4. The average molecular weight is 312 g/mol. The lowest BCUT2D eigenvalue weighted by atomic mass is 9.91. The van der Waals surface area contributed by atoms with Crippen molar-refractivity contribution in [2.24, 2.45) is 0 Å². The van der Waals surface area contributed by atoms with Crippen LogP contribution in [0.15, 0.2) is 22.6 Å². The third-order valence-corrected chi connectivity index (χ3v) is 3.10. The van der Waals surface area contributed by atoms with Gasteiger partial charge in [0, 0.05) is 10.4 Å². The van der Waals surface area contributed by atoms with E-state index in [1.165, 1.54) is 25.3 Å². The van der Waals surface area contributed by atoms with Crippen LogP contribution in [0.4, 0.5) is 4.39 Å². The Morgan fingerprint density at radius 1 is 1.38 bits per heavy atom. The van der Waals surface area contributed by atoms with Gasteiger partial charge in [0.2, 0.25) is 11.7 Å². The molecule has 1 heterocycles. The summed E-state index contributed by atoms with van der Waals surface area (Å²) in [5.74, 6) is -1.21. The molecule has 0 amide bonds. The number of rotatable bonds is 2. The number of carbonyl (C=O) groups is 1. The predicted octanol–water partition coefficient (Wildman–Crippen LogP) is 4.22. The van der Waals surface area contributed by atoms with Crippen molar-refractivity contribution < 1.29 is 18.3 Å². The van der Waals surface area contributed by atoms with Gasteiger partial charge in [-0.2, -0.15) is 0 Å². The fourth-order valence-electron chi connectivity index (χ4n) is 1.84. The van der Waals surface area contributed by atoms with Gasteiger partial charge in [0.1, 0.15) is 11.5 Å². The second-order valence-corrected chi connectivity index (χ2v) is 6.00. The summed E-state index contributed by atoms with van der Waals surface area (Å²) < 4.78 is 24.0. The van der Waals surface area contributed by atoms with Crippen LogP contribution in [-0.4, -0.2) is 18.1 Å². The lowest BCUT2D eigenvalue weighted by Crippen LogP contribution is -2.17. The number of methoxy groups -OCH3 is 1. The van der Waals surface area contributed by atoms with Gasteiger partial charge in [-0.05, 0) is 18.2 Å². The van der Waals surface area contributed by atoms with E-state index in [0.717, 1.165) is 0 Å². The van der Waals surface area contributed by atoms with Gasteiger partial charge in [-0.3, -0.25) is 0 Å². The van der Waals surface area contributed by atoms with Gasteiger partial charge in [-0.25, -0.2) is 14.2 Å². The molecule has 2 aromatic rings. The fourth-order valence-corrected chi connectivity index (χ4v) is 2.01. The van der Waals surface area contributed by atoms with Crippen LogP contribution >= 0.6 is 11.6 Å². The molecule has 0 spiro atoms. The van der Waals surface area contributed by atoms with E-state index >= 15 is 0 Å². The first-order valence-corrected chi connectivity index (χ1v) is 6.67. The lowest BCUT2D eigenvalue weighted by Gasteiger charge is -2.15. The van der Waals surface area contributed by atoms with Crippen molar-refractivity contribution in [2.75, 3.05) is 7.11 Å². The molecule has 1 aromatic carbocycles. The highest BCUT2D eigenvalue weighted by molar-refractivity contribution is 6.30. The molecule has 112 valence electrons. The number of carbonyl (C=O) groups excluding carboxylic acids is 1. The van der Waals surface area contributed by atoms with E-state index in [1.807, 2.05) is 20.8 Å². The van der Waals surface area contributed by atoms with Crippen LogP contribution in [0.5, 0.6) is 0 Å². The Morgan fingerprint density at radius 3 is 2.62 bits per heavy atom. The number of oxazole rings is 1. The highest BCUT2D eigenvalue weighted by Crippen LogP contribution is 2.32. The van der Waals surface area contributed by atoms with E-state index in [4.69, 9.17) is 16.0 Å². The van der Waals surface area contributed by atoms with Crippen molar-refractivity contribution in [2.45, 2.75) is 26.2 Å². The highest BCUT2D eigenvalue weighted by Gasteiger charge is 2.30. The monoisotopic (exact) mass is 311 g/mol. The first kappa shape index (κ1) is 15.5. The molecule has 21 heavy (non-hydrogen) atoms. The molecule has 0 aliphatic heterocycles. The summed E-state index contributed by atoms with van der Waals surface area (Å²) in [5.41, 5.74) is 0.0484. The Bertz CT molecular complexity index is 689. The standard InChI is InChI=1S/C15H15ClFNO3/c1-15(2,3)12-11(14(19)20-4)21-13(18-12)9-7-8(16)5-6-10(9)17/h5-7H,1-4H3. The van der Waals surface area contributed by atoms with Crippen LogP contribution in [0.25, 0.3) is 11.5 Å². The van der Waals surface area contributed by atoms with E-state index in [0.29, 0.717) is 10.7 Å². The maximum Gasteiger partial charge on any atom is 0.376 e. The third-order valence-electron chi connectivity index (χ3n) is 2.87. The van der Waals surface area contributed by atoms with Gasteiger partial charge in [-0.1, -0.05) is 32.4 Å². The maximum atomic E-state index is 13.9. The molecule has 0 saturated carbocycles. The van der Waals surface area contributed by atoms with E-state index in [9.17, 15) is 9.18 Å². The van der Waals surface area contributed by atoms with Gasteiger partial charge in [0.15, 0.2) is 0 Å². The zero-order valence-electron chi connectivity index (χ0n) is 12.2. The van der Waals surface area contributed by atoms with Crippen molar-refractivity contribution in [3.8, 4) is 11.5 Å². The first-order valence-electron chi connectivity index (χ1n) is 6.29. The number of ether oxygens (including phenoxy) is 1. The topological polar surface area (TPSA) is 52.3 Å². The van der Waals surface area contributed by atoms with E-state index in [-0.39, 0.29) is 17.2 Å². The van der Waals surface area contributed by atoms with E-state index in [2.05, 4.69) is 9.72 Å². The molecule has 0 bridgehead atoms. The van der Waals surface area contributed by atoms with Crippen molar-refractivity contribution >= 4 is 17.6 Å². The summed E-state index contributed by atoms with van der Waals surface area (Å²) in [4.78, 5) is 16.1. The molecule has 0 radical (unpaired) electrons. The van der Waals surface area contributed by atoms with Gasteiger partial charge >= 0.3 is 5.97 Å². The van der Waals surface area contributed by atoms with Crippen LogP contribution in [0.1, 0.15) is 37.0 Å². The predicted molar refractivity (Wildman–Crippen MR) is 76.9 cm³/mol. The molecular formula is C15H15ClFNO3. The smallest absolute Gasteiger partial charge is 0.376 e. The Hall–Kier alpha value is -1.88. The minimum Gasteiger partial charge on any atom is -0.463 e. The molecule has 6 heteroatoms. The number of hydrogen-bond donors (Lipinski definition) is 0. The van der Waals surface area contributed by atoms with Crippen LogP contribution in [0, 0.1) is 5.82 Å². The Balaban J connectivity index is 2.64. The minimum atomic E-state index is -0.652. The van der Waals surface area contributed by atoms with Crippen molar-refractivity contribution in [1.82, 2.24) is 4.98 Å². The maximum absolute atomic E-state index is 13.9. The van der Waals surface area contributed by atoms with Crippen LogP contribution in [0.3, 0.4) is 0 Å². The molecule has 0 atom stereocenters. The van der Waals surface area contributed by atoms with E-state index in [1.54, 1.807) is 0 Å². The summed E-state index contributed by atoms with van der Waals surface area (Å²) in [6.45, 7) is 5.61. The van der Waals surface area contributed by atoms with Crippen LogP contribution in [0.2, 0.25) is 5.02 Å². The number of benzene rings is 1. The summed E-state index contributed by atoms with van der Waals surface area (Å²) in [6, 6.07) is 4.04. The molecular weight excluding hydrogens is 297 g/mol. The van der Waals surface area contributed by atoms with Gasteiger partial charge in [0.25, 0.3) is 0 Å². The zero-order chi connectivity index (χ0) is 15.8. The number of nitrogens with zero attached hydrogens (tertiary/aromatic N) is 1. The van der Waals surface area contributed by atoms with E-state index < -0.39 is 17.2 Å². The molecule has 0 aliphatic rings.